The van der Waals surface area contributed by atoms with Crippen LogP contribution in [0.4, 0.5) is 5.13 Å². The lowest BCUT2D eigenvalue weighted by Crippen LogP contribution is -2.45. The fraction of sp³-hybridized carbons (Fsp3) is 0.526. The van der Waals surface area contributed by atoms with Crippen LogP contribution in [0.5, 0.6) is 0 Å². The molecule has 1 aromatic carbocycles. The summed E-state index contributed by atoms with van der Waals surface area (Å²) in [6.07, 6.45) is 3.59. The Hall–Kier alpha value is -1.66. The van der Waals surface area contributed by atoms with Crippen molar-refractivity contribution >= 4 is 34.2 Å². The summed E-state index contributed by atoms with van der Waals surface area (Å²) in [6, 6.07) is 7.99. The number of carbonyl (C=O) groups is 1. The molecule has 7 heteroatoms. The number of benzene rings is 1. The maximum absolute atomic E-state index is 12.4. The van der Waals surface area contributed by atoms with Gasteiger partial charge in [-0.15, -0.1) is 0 Å². The van der Waals surface area contributed by atoms with Crippen molar-refractivity contribution in [2.24, 2.45) is 5.92 Å². The Morgan fingerprint density at radius 1 is 1.42 bits per heavy atom. The van der Waals surface area contributed by atoms with Crippen LogP contribution in [0.15, 0.2) is 24.3 Å². The van der Waals surface area contributed by atoms with Crippen LogP contribution in [0.25, 0.3) is 0 Å². The van der Waals surface area contributed by atoms with Crippen molar-refractivity contribution in [3.05, 3.63) is 40.7 Å². The largest absolute Gasteiger partial charge is 0.353 e. The zero-order valence-corrected chi connectivity index (χ0v) is 16.8. The molecular weight excluding hydrogens is 368 g/mol. The normalized spacial score (nSPS) is 18.6. The first kappa shape index (κ1) is 19.1. The molecule has 1 fully saturated rings. The second kappa shape index (κ2) is 8.82. The number of nitrogens with zero attached hydrogens (tertiary/aromatic N) is 3. The SMILES string of the molecule is CCC(C)NC(=O)C1CCCN(c2nc(Cc3ccc(Cl)cc3)ns2)C1. The number of halogens is 1. The summed E-state index contributed by atoms with van der Waals surface area (Å²) in [5, 5.41) is 4.75. The summed E-state index contributed by atoms with van der Waals surface area (Å²) in [5.41, 5.74) is 1.14. The maximum Gasteiger partial charge on any atom is 0.225 e. The number of anilines is 1. The lowest BCUT2D eigenvalue weighted by atomic mass is 9.97. The Balaban J connectivity index is 1.61. The van der Waals surface area contributed by atoms with Crippen molar-refractivity contribution < 1.29 is 4.79 Å². The fourth-order valence-corrected chi connectivity index (χ4v) is 3.90. The molecule has 1 N–H and O–H groups in total. The second-order valence-corrected chi connectivity index (χ2v) is 8.07. The molecule has 2 atom stereocenters. The summed E-state index contributed by atoms with van der Waals surface area (Å²) >= 11 is 7.35. The first-order valence-corrected chi connectivity index (χ1v) is 10.3. The zero-order valence-electron chi connectivity index (χ0n) is 15.2. The number of aromatic nitrogens is 2. The van der Waals surface area contributed by atoms with Crippen molar-refractivity contribution in [3.63, 3.8) is 0 Å². The van der Waals surface area contributed by atoms with Crippen LogP contribution in [0.2, 0.25) is 5.02 Å². The molecule has 1 aromatic heterocycles. The number of carbonyl (C=O) groups excluding carboxylic acids is 1. The van der Waals surface area contributed by atoms with E-state index in [9.17, 15) is 4.79 Å². The molecular formula is C19H25ClN4OS. The lowest BCUT2D eigenvalue weighted by molar-refractivity contribution is -0.125. The van der Waals surface area contributed by atoms with E-state index in [1.165, 1.54) is 11.5 Å². The third-order valence-electron chi connectivity index (χ3n) is 4.80. The van der Waals surface area contributed by atoms with Crippen molar-refractivity contribution in [2.45, 2.75) is 45.6 Å². The van der Waals surface area contributed by atoms with E-state index in [1.807, 2.05) is 31.2 Å². The Morgan fingerprint density at radius 2 is 2.19 bits per heavy atom. The summed E-state index contributed by atoms with van der Waals surface area (Å²) in [7, 11) is 0. The van der Waals surface area contributed by atoms with Gasteiger partial charge in [-0.05, 0) is 43.9 Å². The van der Waals surface area contributed by atoms with E-state index in [1.54, 1.807) is 0 Å². The van der Waals surface area contributed by atoms with E-state index in [0.717, 1.165) is 53.9 Å². The minimum atomic E-state index is 0.0290. The molecule has 0 spiro atoms. The average molecular weight is 393 g/mol. The van der Waals surface area contributed by atoms with Gasteiger partial charge in [-0.1, -0.05) is 30.7 Å². The van der Waals surface area contributed by atoms with Crippen LogP contribution in [-0.4, -0.2) is 34.4 Å². The number of nitrogens with one attached hydrogen (secondary N) is 1. The number of amides is 1. The van der Waals surface area contributed by atoms with Gasteiger partial charge in [-0.2, -0.15) is 4.37 Å². The number of hydrogen-bond donors (Lipinski definition) is 1. The summed E-state index contributed by atoms with van der Waals surface area (Å²) in [5.74, 6) is 1.01. The molecule has 1 aliphatic heterocycles. The molecule has 140 valence electrons. The lowest BCUT2D eigenvalue weighted by Gasteiger charge is -2.32. The predicted octanol–water partition coefficient (Wildman–Crippen LogP) is 3.91. The molecule has 5 nitrogen and oxygen atoms in total. The van der Waals surface area contributed by atoms with E-state index in [-0.39, 0.29) is 17.9 Å². The Morgan fingerprint density at radius 3 is 2.92 bits per heavy atom. The third-order valence-corrected chi connectivity index (χ3v) is 5.86. The van der Waals surface area contributed by atoms with Crippen molar-refractivity contribution in [3.8, 4) is 0 Å². The quantitative estimate of drug-likeness (QED) is 0.809. The minimum Gasteiger partial charge on any atom is -0.353 e. The molecule has 1 aliphatic rings. The molecule has 0 bridgehead atoms. The van der Waals surface area contributed by atoms with Gasteiger partial charge < -0.3 is 10.2 Å². The summed E-state index contributed by atoms with van der Waals surface area (Å²) < 4.78 is 4.50. The van der Waals surface area contributed by atoms with Crippen molar-refractivity contribution in [2.75, 3.05) is 18.0 Å². The van der Waals surface area contributed by atoms with Gasteiger partial charge in [-0.3, -0.25) is 4.79 Å². The second-order valence-electron chi connectivity index (χ2n) is 6.90. The standard InChI is InChI=1S/C19H25ClN4OS/c1-3-13(2)21-18(25)15-5-4-10-24(12-15)19-22-17(23-26-19)11-14-6-8-16(20)9-7-14/h6-9,13,15H,3-5,10-12H2,1-2H3,(H,21,25). The molecule has 2 heterocycles. The van der Waals surface area contributed by atoms with Gasteiger partial charge in [0.15, 0.2) is 0 Å². The van der Waals surface area contributed by atoms with Gasteiger partial charge >= 0.3 is 0 Å². The minimum absolute atomic E-state index is 0.0290. The van der Waals surface area contributed by atoms with E-state index in [4.69, 9.17) is 16.6 Å². The van der Waals surface area contributed by atoms with Crippen LogP contribution in [0, 0.1) is 5.92 Å². The van der Waals surface area contributed by atoms with Gasteiger partial charge in [0.25, 0.3) is 0 Å². The molecule has 2 unspecified atom stereocenters. The Labute approximate surface area is 163 Å². The molecule has 0 radical (unpaired) electrons. The van der Waals surface area contributed by atoms with Gasteiger partial charge in [-0.25, -0.2) is 4.98 Å². The molecule has 2 aromatic rings. The highest BCUT2D eigenvalue weighted by Crippen LogP contribution is 2.25. The fourth-order valence-electron chi connectivity index (χ4n) is 3.06. The predicted molar refractivity (Wildman–Crippen MR) is 107 cm³/mol. The van der Waals surface area contributed by atoms with Gasteiger partial charge in [0, 0.05) is 42.1 Å². The van der Waals surface area contributed by atoms with Crippen LogP contribution < -0.4 is 10.2 Å². The molecule has 1 amide bonds. The Bertz CT molecular complexity index is 733. The van der Waals surface area contributed by atoms with Gasteiger partial charge in [0.05, 0.1) is 5.92 Å². The van der Waals surface area contributed by atoms with Crippen LogP contribution in [0.3, 0.4) is 0 Å². The molecule has 0 saturated carbocycles. The molecule has 1 saturated heterocycles. The van der Waals surface area contributed by atoms with E-state index in [0.29, 0.717) is 6.42 Å². The smallest absolute Gasteiger partial charge is 0.225 e. The van der Waals surface area contributed by atoms with Crippen LogP contribution in [0.1, 0.15) is 44.5 Å². The number of hydrogen-bond acceptors (Lipinski definition) is 5. The summed E-state index contributed by atoms with van der Waals surface area (Å²) in [6.45, 7) is 5.79. The highest BCUT2D eigenvalue weighted by atomic mass is 35.5. The van der Waals surface area contributed by atoms with Crippen molar-refractivity contribution in [1.29, 1.82) is 0 Å². The first-order chi connectivity index (χ1) is 12.5. The monoisotopic (exact) mass is 392 g/mol. The first-order valence-electron chi connectivity index (χ1n) is 9.17. The van der Waals surface area contributed by atoms with E-state index >= 15 is 0 Å². The number of piperidine rings is 1. The summed E-state index contributed by atoms with van der Waals surface area (Å²) in [4.78, 5) is 19.3. The van der Waals surface area contributed by atoms with Gasteiger partial charge in [0.1, 0.15) is 5.82 Å². The van der Waals surface area contributed by atoms with Gasteiger partial charge in [0.2, 0.25) is 11.0 Å². The van der Waals surface area contributed by atoms with E-state index < -0.39 is 0 Å². The highest BCUT2D eigenvalue weighted by Gasteiger charge is 2.28. The van der Waals surface area contributed by atoms with Crippen LogP contribution >= 0.6 is 23.1 Å². The Kier molecular flexibility index (Phi) is 6.48. The van der Waals surface area contributed by atoms with Crippen LogP contribution in [-0.2, 0) is 11.2 Å². The average Bonchev–Trinajstić information content (AvgIpc) is 3.12. The zero-order chi connectivity index (χ0) is 18.5. The molecule has 0 aliphatic carbocycles. The molecule has 3 rings (SSSR count). The topological polar surface area (TPSA) is 58.1 Å². The third kappa shape index (κ3) is 4.95. The number of rotatable bonds is 6. The molecule has 26 heavy (non-hydrogen) atoms. The maximum atomic E-state index is 12.4. The highest BCUT2D eigenvalue weighted by molar-refractivity contribution is 7.09. The van der Waals surface area contributed by atoms with Crippen molar-refractivity contribution in [1.82, 2.24) is 14.7 Å². The van der Waals surface area contributed by atoms with E-state index in [2.05, 4.69) is 21.5 Å².